The monoisotopic (exact) mass is 543 g/mol. The van der Waals surface area contributed by atoms with Crippen LogP contribution in [0.15, 0.2) is 91.1 Å². The van der Waals surface area contributed by atoms with Crippen molar-refractivity contribution in [1.29, 1.82) is 0 Å². The van der Waals surface area contributed by atoms with Crippen LogP contribution in [0.4, 0.5) is 17.2 Å². The van der Waals surface area contributed by atoms with Gasteiger partial charge in [0, 0.05) is 60.5 Å². The highest BCUT2D eigenvalue weighted by Gasteiger charge is 2.27. The van der Waals surface area contributed by atoms with Crippen LogP contribution in [0.2, 0.25) is 0 Å². The van der Waals surface area contributed by atoms with Gasteiger partial charge in [0.2, 0.25) is 0 Å². The number of fused-ring (bicyclic) bond motifs is 1. The minimum Gasteiger partial charge on any atom is -0.368 e. The number of piperazine rings is 1. The molecule has 1 saturated heterocycles. The van der Waals surface area contributed by atoms with Crippen LogP contribution < -0.4 is 15.1 Å². The predicted octanol–water partition coefficient (Wildman–Crippen LogP) is 6.07. The molecule has 0 radical (unpaired) electrons. The lowest BCUT2D eigenvalue weighted by Crippen LogP contribution is -2.46. The molecule has 0 saturated carbocycles. The van der Waals surface area contributed by atoms with Crippen molar-refractivity contribution < 1.29 is 9.59 Å². The molecular formula is C34H33N5O2. The van der Waals surface area contributed by atoms with E-state index in [-0.39, 0.29) is 0 Å². The van der Waals surface area contributed by atoms with Crippen molar-refractivity contribution in [2.45, 2.75) is 20.8 Å². The van der Waals surface area contributed by atoms with E-state index in [0.29, 0.717) is 11.4 Å². The molecule has 5 aromatic rings. The number of ketones is 1. The summed E-state index contributed by atoms with van der Waals surface area (Å²) in [5, 5.41) is 2.83. The normalized spacial score (nSPS) is 13.4. The zero-order valence-electron chi connectivity index (χ0n) is 23.6. The van der Waals surface area contributed by atoms with Crippen LogP contribution in [0.3, 0.4) is 0 Å². The fraction of sp³-hybridized carbons (Fsp3) is 0.206. The number of carbonyl (C=O) groups is 2. The van der Waals surface area contributed by atoms with Crippen molar-refractivity contribution in [3.8, 4) is 11.1 Å². The highest BCUT2D eigenvalue weighted by atomic mass is 16.2. The number of aromatic nitrogens is 2. The fourth-order valence-corrected chi connectivity index (χ4v) is 5.78. The lowest BCUT2D eigenvalue weighted by Gasteiger charge is -2.37. The molecule has 1 fully saturated rings. The molecule has 2 aromatic carbocycles. The summed E-state index contributed by atoms with van der Waals surface area (Å²) in [6.45, 7) is 9.65. The summed E-state index contributed by atoms with van der Waals surface area (Å²) in [5.74, 6) is -0.197. The average molecular weight is 544 g/mol. The van der Waals surface area contributed by atoms with Crippen molar-refractivity contribution in [2.24, 2.45) is 0 Å². The number of Topliss-reactive ketones (excluding diaryl/α,β-unsaturated/α-hetero) is 1. The first-order valence-electron chi connectivity index (χ1n) is 13.9. The number of pyridine rings is 2. The van der Waals surface area contributed by atoms with Gasteiger partial charge in [-0.25, -0.2) is 4.98 Å². The maximum absolute atomic E-state index is 13.6. The van der Waals surface area contributed by atoms with Crippen LogP contribution in [0.1, 0.15) is 27.3 Å². The van der Waals surface area contributed by atoms with Crippen LogP contribution in [-0.4, -0.2) is 47.3 Å². The summed E-state index contributed by atoms with van der Waals surface area (Å²) in [6, 6.07) is 27.5. The zero-order chi connectivity index (χ0) is 28.5. The molecule has 1 amide bonds. The van der Waals surface area contributed by atoms with Crippen molar-refractivity contribution in [3.63, 3.8) is 0 Å². The van der Waals surface area contributed by atoms with Gasteiger partial charge in [0.15, 0.2) is 0 Å². The number of hydrogen-bond donors (Lipinski definition) is 1. The third-order valence-corrected chi connectivity index (χ3v) is 7.76. The standard InChI is InChI=1S/C34H33N5O2/c1-23-21-24(2)35-30(22-23)38-19-17-37(18-20-38)28-14-12-27(13-15-28)36-34(41)33(40)32-31(26-9-5-4-6-10-26)25(3)29-11-7-8-16-39(29)32/h4-16,21-22H,17-20H2,1-3H3,(H,36,41). The number of rotatable bonds is 6. The van der Waals surface area contributed by atoms with E-state index in [2.05, 4.69) is 34.2 Å². The first-order valence-corrected chi connectivity index (χ1v) is 13.9. The Balaban J connectivity index is 1.16. The molecule has 206 valence electrons. The van der Waals surface area contributed by atoms with Gasteiger partial charge in [0.05, 0.1) is 0 Å². The fourth-order valence-electron chi connectivity index (χ4n) is 5.78. The highest BCUT2D eigenvalue weighted by molar-refractivity contribution is 6.47. The summed E-state index contributed by atoms with van der Waals surface area (Å²) < 4.78 is 1.82. The summed E-state index contributed by atoms with van der Waals surface area (Å²) in [5.41, 5.74) is 7.86. The Morgan fingerprint density at radius 1 is 0.780 bits per heavy atom. The summed E-state index contributed by atoms with van der Waals surface area (Å²) in [6.07, 6.45) is 1.83. The SMILES string of the molecule is Cc1cc(C)nc(N2CCN(c3ccc(NC(=O)C(=O)c4c(-c5ccccc5)c(C)c5ccccn45)cc3)CC2)c1. The third kappa shape index (κ3) is 5.18. The number of amides is 1. The van der Waals surface area contributed by atoms with Crippen LogP contribution in [-0.2, 0) is 4.79 Å². The molecule has 0 atom stereocenters. The Hall–Kier alpha value is -4.91. The molecule has 1 aliphatic rings. The lowest BCUT2D eigenvalue weighted by atomic mass is 9.99. The van der Waals surface area contributed by atoms with E-state index in [4.69, 9.17) is 4.98 Å². The number of anilines is 3. The predicted molar refractivity (Wildman–Crippen MR) is 165 cm³/mol. The maximum Gasteiger partial charge on any atom is 0.298 e. The van der Waals surface area contributed by atoms with Crippen LogP contribution in [0.5, 0.6) is 0 Å². The van der Waals surface area contributed by atoms with E-state index < -0.39 is 11.7 Å². The van der Waals surface area contributed by atoms with E-state index in [0.717, 1.165) is 65.6 Å². The van der Waals surface area contributed by atoms with Crippen LogP contribution in [0.25, 0.3) is 16.6 Å². The molecule has 1 N–H and O–H groups in total. The summed E-state index contributed by atoms with van der Waals surface area (Å²) >= 11 is 0. The number of carbonyl (C=O) groups excluding carboxylic acids is 2. The maximum atomic E-state index is 13.6. The van der Waals surface area contributed by atoms with Crippen molar-refractivity contribution >= 4 is 34.4 Å². The first kappa shape index (κ1) is 26.3. The quantitative estimate of drug-likeness (QED) is 0.208. The Labute approximate surface area is 240 Å². The second kappa shape index (κ2) is 10.9. The smallest absolute Gasteiger partial charge is 0.298 e. The first-order chi connectivity index (χ1) is 19.9. The molecule has 41 heavy (non-hydrogen) atoms. The topological polar surface area (TPSA) is 70.0 Å². The Morgan fingerprint density at radius 3 is 2.17 bits per heavy atom. The van der Waals surface area contributed by atoms with Gasteiger partial charge in [0.25, 0.3) is 11.7 Å². The molecule has 0 bridgehead atoms. The Kier molecular flexibility index (Phi) is 7.01. The second-order valence-electron chi connectivity index (χ2n) is 10.6. The molecule has 4 heterocycles. The molecular weight excluding hydrogens is 510 g/mol. The van der Waals surface area contributed by atoms with E-state index in [1.807, 2.05) is 97.2 Å². The van der Waals surface area contributed by atoms with Gasteiger partial charge in [-0.2, -0.15) is 0 Å². The van der Waals surface area contributed by atoms with Gasteiger partial charge < -0.3 is 19.5 Å². The number of nitrogens with zero attached hydrogens (tertiary/aromatic N) is 4. The molecule has 7 nitrogen and oxygen atoms in total. The molecule has 1 aliphatic heterocycles. The zero-order valence-corrected chi connectivity index (χ0v) is 23.6. The van der Waals surface area contributed by atoms with Gasteiger partial charge >= 0.3 is 0 Å². The Bertz CT molecular complexity index is 1710. The van der Waals surface area contributed by atoms with Crippen molar-refractivity contribution in [1.82, 2.24) is 9.38 Å². The van der Waals surface area contributed by atoms with E-state index in [9.17, 15) is 9.59 Å². The van der Waals surface area contributed by atoms with Gasteiger partial charge in [-0.05, 0) is 86.0 Å². The molecule has 0 aliphatic carbocycles. The second-order valence-corrected chi connectivity index (χ2v) is 10.6. The largest absolute Gasteiger partial charge is 0.368 e. The summed E-state index contributed by atoms with van der Waals surface area (Å²) in [4.78, 5) is 36.2. The average Bonchev–Trinajstić information content (AvgIpc) is 3.29. The van der Waals surface area contributed by atoms with Crippen LogP contribution in [0, 0.1) is 20.8 Å². The summed E-state index contributed by atoms with van der Waals surface area (Å²) in [7, 11) is 0. The van der Waals surface area contributed by atoms with Gasteiger partial charge in [-0.15, -0.1) is 0 Å². The molecule has 0 unspecified atom stereocenters. The lowest BCUT2D eigenvalue weighted by molar-refractivity contribution is -0.112. The Morgan fingerprint density at radius 2 is 1.46 bits per heavy atom. The van der Waals surface area contributed by atoms with E-state index in [1.165, 1.54) is 5.56 Å². The van der Waals surface area contributed by atoms with E-state index >= 15 is 0 Å². The number of nitrogens with one attached hydrogen (secondary N) is 1. The molecule has 6 rings (SSSR count). The number of benzene rings is 2. The van der Waals surface area contributed by atoms with Crippen LogP contribution >= 0.6 is 0 Å². The molecule has 3 aromatic heterocycles. The minimum atomic E-state index is -0.659. The highest BCUT2D eigenvalue weighted by Crippen LogP contribution is 2.33. The minimum absolute atomic E-state index is 0.370. The third-order valence-electron chi connectivity index (χ3n) is 7.76. The molecule has 7 heteroatoms. The number of hydrogen-bond acceptors (Lipinski definition) is 5. The van der Waals surface area contributed by atoms with Gasteiger partial charge in [-0.3, -0.25) is 9.59 Å². The number of aryl methyl sites for hydroxylation is 3. The van der Waals surface area contributed by atoms with Gasteiger partial charge in [0.1, 0.15) is 11.5 Å². The van der Waals surface area contributed by atoms with Gasteiger partial charge in [-0.1, -0.05) is 36.4 Å². The van der Waals surface area contributed by atoms with Crippen molar-refractivity contribution in [2.75, 3.05) is 41.3 Å². The van der Waals surface area contributed by atoms with Crippen molar-refractivity contribution in [3.05, 3.63) is 114 Å². The van der Waals surface area contributed by atoms with E-state index in [1.54, 1.807) is 0 Å². The molecule has 0 spiro atoms.